The number of rotatable bonds is 6. The minimum absolute atomic E-state index is 0.00111. The highest BCUT2D eigenvalue weighted by Gasteiger charge is 2.15. The number of carbonyl (C=O) groups excluding carboxylic acids is 1. The molecule has 0 fully saturated rings. The van der Waals surface area contributed by atoms with Gasteiger partial charge in [-0.15, -0.1) is 0 Å². The third-order valence-corrected chi connectivity index (χ3v) is 2.90. The van der Waals surface area contributed by atoms with Crippen molar-refractivity contribution in [1.82, 2.24) is 19.9 Å². The Morgan fingerprint density at radius 3 is 2.81 bits per heavy atom. The van der Waals surface area contributed by atoms with E-state index >= 15 is 0 Å². The largest absolute Gasteiger partial charge is 0.367 e. The fraction of sp³-hybridized carbons (Fsp3) is 0.400. The second-order valence-electron chi connectivity index (χ2n) is 5.33. The second kappa shape index (κ2) is 6.88. The first-order chi connectivity index (χ1) is 10.1. The first-order valence-electron chi connectivity index (χ1n) is 7.04. The Morgan fingerprint density at radius 2 is 2.14 bits per heavy atom. The number of carbonyl (C=O) groups is 1. The summed E-state index contributed by atoms with van der Waals surface area (Å²) in [5, 5.41) is 6.17. The van der Waals surface area contributed by atoms with Crippen LogP contribution < -0.4 is 10.6 Å². The Bertz CT molecular complexity index is 580. The highest BCUT2D eigenvalue weighted by Crippen LogP contribution is 2.12. The maximum absolute atomic E-state index is 12.4. The molecular formula is C15H21N5O. The lowest BCUT2D eigenvalue weighted by Gasteiger charge is -2.17. The molecule has 0 aromatic carbocycles. The van der Waals surface area contributed by atoms with Crippen LogP contribution in [0.15, 0.2) is 37.1 Å². The van der Waals surface area contributed by atoms with Crippen molar-refractivity contribution in [3.8, 4) is 0 Å². The average molecular weight is 287 g/mol. The van der Waals surface area contributed by atoms with Gasteiger partial charge in [-0.1, -0.05) is 0 Å². The molecule has 2 aromatic rings. The standard InChI is InChI=1S/C15H21N5O/c1-11(2)18-14-13(5-4-6-17-14)15(21)19-12(3)9-20-8-7-16-10-20/h4-8,10-12H,9H2,1-3H3,(H,17,18)(H,19,21)/t12-/m0/s1. The number of anilines is 1. The summed E-state index contributed by atoms with van der Waals surface area (Å²) in [5.74, 6) is 0.485. The van der Waals surface area contributed by atoms with E-state index < -0.39 is 0 Å². The summed E-state index contributed by atoms with van der Waals surface area (Å²) in [6.45, 7) is 6.67. The summed E-state index contributed by atoms with van der Waals surface area (Å²) >= 11 is 0. The summed E-state index contributed by atoms with van der Waals surface area (Å²) in [6, 6.07) is 3.76. The predicted molar refractivity (Wildman–Crippen MR) is 82.2 cm³/mol. The molecule has 0 radical (unpaired) electrons. The Morgan fingerprint density at radius 1 is 1.33 bits per heavy atom. The molecular weight excluding hydrogens is 266 g/mol. The molecule has 2 N–H and O–H groups in total. The van der Waals surface area contributed by atoms with Crippen LogP contribution in [-0.4, -0.2) is 32.5 Å². The molecule has 0 aliphatic rings. The van der Waals surface area contributed by atoms with Crippen molar-refractivity contribution in [3.05, 3.63) is 42.6 Å². The number of hydrogen-bond acceptors (Lipinski definition) is 4. The molecule has 0 bridgehead atoms. The Balaban J connectivity index is 2.02. The summed E-state index contributed by atoms with van der Waals surface area (Å²) in [4.78, 5) is 20.6. The zero-order valence-electron chi connectivity index (χ0n) is 12.6. The van der Waals surface area contributed by atoms with E-state index in [-0.39, 0.29) is 18.0 Å². The molecule has 2 aromatic heterocycles. The van der Waals surface area contributed by atoms with E-state index in [1.165, 1.54) is 0 Å². The molecule has 0 spiro atoms. The number of aromatic nitrogens is 3. The van der Waals surface area contributed by atoms with Crippen molar-refractivity contribution < 1.29 is 4.79 Å². The molecule has 1 amide bonds. The number of amides is 1. The third kappa shape index (κ3) is 4.30. The minimum atomic E-state index is -0.126. The van der Waals surface area contributed by atoms with Gasteiger partial charge in [0.25, 0.3) is 5.91 Å². The first-order valence-corrected chi connectivity index (χ1v) is 7.04. The van der Waals surface area contributed by atoms with Gasteiger partial charge in [0.15, 0.2) is 0 Å². The quantitative estimate of drug-likeness (QED) is 0.851. The molecule has 6 nitrogen and oxygen atoms in total. The van der Waals surface area contributed by atoms with Crippen molar-refractivity contribution in [2.24, 2.45) is 0 Å². The van der Waals surface area contributed by atoms with E-state index in [2.05, 4.69) is 20.6 Å². The molecule has 0 aliphatic carbocycles. The van der Waals surface area contributed by atoms with Crippen molar-refractivity contribution in [3.63, 3.8) is 0 Å². The van der Waals surface area contributed by atoms with Crippen LogP contribution in [0, 0.1) is 0 Å². The summed E-state index contributed by atoms with van der Waals surface area (Å²) in [5.41, 5.74) is 0.559. The minimum Gasteiger partial charge on any atom is -0.367 e. The highest BCUT2D eigenvalue weighted by atomic mass is 16.1. The molecule has 112 valence electrons. The number of imidazole rings is 1. The van der Waals surface area contributed by atoms with Crippen LogP contribution in [0.5, 0.6) is 0 Å². The van der Waals surface area contributed by atoms with Crippen LogP contribution in [0.25, 0.3) is 0 Å². The smallest absolute Gasteiger partial charge is 0.255 e. The van der Waals surface area contributed by atoms with Gasteiger partial charge in [-0.25, -0.2) is 9.97 Å². The highest BCUT2D eigenvalue weighted by molar-refractivity contribution is 5.98. The van der Waals surface area contributed by atoms with Gasteiger partial charge in [-0.3, -0.25) is 4.79 Å². The lowest BCUT2D eigenvalue weighted by molar-refractivity contribution is 0.0937. The molecule has 21 heavy (non-hydrogen) atoms. The van der Waals surface area contributed by atoms with Gasteiger partial charge < -0.3 is 15.2 Å². The number of pyridine rings is 1. The Kier molecular flexibility index (Phi) is 4.92. The van der Waals surface area contributed by atoms with Crippen LogP contribution in [0.3, 0.4) is 0 Å². The van der Waals surface area contributed by atoms with Crippen molar-refractivity contribution in [1.29, 1.82) is 0 Å². The van der Waals surface area contributed by atoms with Crippen molar-refractivity contribution >= 4 is 11.7 Å². The summed E-state index contributed by atoms with van der Waals surface area (Å²) < 4.78 is 1.93. The Hall–Kier alpha value is -2.37. The Labute approximate surface area is 124 Å². The first kappa shape index (κ1) is 15.0. The zero-order chi connectivity index (χ0) is 15.2. The maximum atomic E-state index is 12.4. The zero-order valence-corrected chi connectivity index (χ0v) is 12.6. The SMILES string of the molecule is CC(C)Nc1ncccc1C(=O)N[C@@H](C)Cn1ccnc1. The van der Waals surface area contributed by atoms with Crippen LogP contribution in [-0.2, 0) is 6.54 Å². The molecule has 1 atom stereocenters. The molecule has 0 aliphatic heterocycles. The molecule has 2 rings (SSSR count). The topological polar surface area (TPSA) is 71.8 Å². The van der Waals surface area contributed by atoms with Gasteiger partial charge in [0.2, 0.25) is 0 Å². The van der Waals surface area contributed by atoms with Crippen LogP contribution in [0.2, 0.25) is 0 Å². The molecule has 0 unspecified atom stereocenters. The predicted octanol–water partition coefficient (Wildman–Crippen LogP) is 1.92. The van der Waals surface area contributed by atoms with E-state index in [1.54, 1.807) is 30.9 Å². The fourth-order valence-corrected chi connectivity index (χ4v) is 2.04. The molecule has 6 heteroatoms. The van der Waals surface area contributed by atoms with Gasteiger partial charge in [0.05, 0.1) is 11.9 Å². The van der Waals surface area contributed by atoms with E-state index in [0.29, 0.717) is 17.9 Å². The summed E-state index contributed by atoms with van der Waals surface area (Å²) in [6.07, 6.45) is 7.01. The number of nitrogens with zero attached hydrogens (tertiary/aromatic N) is 3. The second-order valence-corrected chi connectivity index (χ2v) is 5.33. The van der Waals surface area contributed by atoms with E-state index in [1.807, 2.05) is 31.5 Å². The normalized spacial score (nSPS) is 12.2. The van der Waals surface area contributed by atoms with Gasteiger partial charge in [0, 0.05) is 37.2 Å². The molecule has 2 heterocycles. The average Bonchev–Trinajstić information content (AvgIpc) is 2.91. The van der Waals surface area contributed by atoms with Gasteiger partial charge in [0.1, 0.15) is 5.82 Å². The lowest BCUT2D eigenvalue weighted by Crippen LogP contribution is -2.36. The fourth-order valence-electron chi connectivity index (χ4n) is 2.04. The van der Waals surface area contributed by atoms with Crippen molar-refractivity contribution in [2.45, 2.75) is 39.4 Å². The number of nitrogens with one attached hydrogen (secondary N) is 2. The lowest BCUT2D eigenvalue weighted by atomic mass is 10.2. The maximum Gasteiger partial charge on any atom is 0.255 e. The van der Waals surface area contributed by atoms with Crippen LogP contribution in [0.4, 0.5) is 5.82 Å². The van der Waals surface area contributed by atoms with E-state index in [9.17, 15) is 4.79 Å². The van der Waals surface area contributed by atoms with E-state index in [0.717, 1.165) is 0 Å². The number of hydrogen-bond donors (Lipinski definition) is 2. The van der Waals surface area contributed by atoms with Gasteiger partial charge >= 0.3 is 0 Å². The van der Waals surface area contributed by atoms with E-state index in [4.69, 9.17) is 0 Å². The molecule has 0 saturated heterocycles. The van der Waals surface area contributed by atoms with Crippen LogP contribution in [0.1, 0.15) is 31.1 Å². The third-order valence-electron chi connectivity index (χ3n) is 2.90. The monoisotopic (exact) mass is 287 g/mol. The van der Waals surface area contributed by atoms with Crippen molar-refractivity contribution in [2.75, 3.05) is 5.32 Å². The van der Waals surface area contributed by atoms with Gasteiger partial charge in [-0.2, -0.15) is 0 Å². The summed E-state index contributed by atoms with van der Waals surface area (Å²) in [7, 11) is 0. The van der Waals surface area contributed by atoms with Gasteiger partial charge in [-0.05, 0) is 32.9 Å². The van der Waals surface area contributed by atoms with Crippen LogP contribution >= 0.6 is 0 Å². The molecule has 0 saturated carbocycles.